The number of ether oxygens (including phenoxy) is 4. The summed E-state index contributed by atoms with van der Waals surface area (Å²) in [5.41, 5.74) is 1.86. The molecule has 0 amide bonds. The number of carbonyl (C=O) groups excluding carboxylic acids is 1. The Morgan fingerprint density at radius 1 is 1.36 bits per heavy atom. The molecule has 5 nitrogen and oxygen atoms in total. The maximum atomic E-state index is 11.7. The topological polar surface area (TPSA) is 54.0 Å². The van der Waals surface area contributed by atoms with Gasteiger partial charge in [0.15, 0.2) is 18.7 Å². The van der Waals surface area contributed by atoms with Crippen molar-refractivity contribution in [3.63, 3.8) is 0 Å². The lowest BCUT2D eigenvalue weighted by Gasteiger charge is -2.37. The summed E-state index contributed by atoms with van der Waals surface area (Å²) < 4.78 is 22.4. The molecular formula is C16H19IO5. The third-order valence-corrected chi connectivity index (χ3v) is 4.25. The fourth-order valence-electron chi connectivity index (χ4n) is 1.96. The van der Waals surface area contributed by atoms with Crippen molar-refractivity contribution in [2.75, 3.05) is 18.1 Å². The molecule has 0 spiro atoms. The largest absolute Gasteiger partial charge is 0.467 e. The molecule has 0 aromatic heterocycles. The average molecular weight is 418 g/mol. The van der Waals surface area contributed by atoms with Gasteiger partial charge in [0.05, 0.1) is 13.7 Å². The molecular weight excluding hydrogens is 399 g/mol. The van der Waals surface area contributed by atoms with Crippen molar-refractivity contribution in [2.45, 2.75) is 25.1 Å². The molecule has 1 saturated heterocycles. The Kier molecular flexibility index (Phi) is 6.81. The SMILES string of the molecule is C=C(CI)CO[C@@H](CC1OC(c2ccccc2)O1)C(=O)OC. The normalized spacial score (nSPS) is 21.7. The van der Waals surface area contributed by atoms with Crippen molar-refractivity contribution >= 4 is 28.6 Å². The molecule has 1 fully saturated rings. The zero-order chi connectivity index (χ0) is 15.9. The molecule has 1 aromatic carbocycles. The summed E-state index contributed by atoms with van der Waals surface area (Å²) in [4.78, 5) is 11.7. The van der Waals surface area contributed by atoms with Gasteiger partial charge in [0.2, 0.25) is 0 Å². The summed E-state index contributed by atoms with van der Waals surface area (Å²) in [6.45, 7) is 4.17. The van der Waals surface area contributed by atoms with Crippen LogP contribution in [0.25, 0.3) is 0 Å². The van der Waals surface area contributed by atoms with E-state index in [1.165, 1.54) is 7.11 Å². The molecule has 0 radical (unpaired) electrons. The molecule has 1 aliphatic heterocycles. The van der Waals surface area contributed by atoms with Crippen LogP contribution in [0.5, 0.6) is 0 Å². The van der Waals surface area contributed by atoms with Crippen LogP contribution in [-0.4, -0.2) is 36.5 Å². The molecule has 6 heteroatoms. The maximum absolute atomic E-state index is 11.7. The van der Waals surface area contributed by atoms with Crippen LogP contribution in [0.15, 0.2) is 42.5 Å². The lowest BCUT2D eigenvalue weighted by molar-refractivity contribution is -0.395. The second-order valence-corrected chi connectivity index (χ2v) is 5.65. The summed E-state index contributed by atoms with van der Waals surface area (Å²) in [5, 5.41) is 0. The van der Waals surface area contributed by atoms with Gasteiger partial charge in [-0.1, -0.05) is 59.5 Å². The number of carbonyl (C=O) groups is 1. The van der Waals surface area contributed by atoms with Crippen molar-refractivity contribution in [1.82, 2.24) is 0 Å². The van der Waals surface area contributed by atoms with E-state index in [1.54, 1.807) is 0 Å². The minimum absolute atomic E-state index is 0.296. The third-order valence-electron chi connectivity index (χ3n) is 3.17. The molecule has 120 valence electrons. The second kappa shape index (κ2) is 8.61. The van der Waals surface area contributed by atoms with Crippen LogP contribution in [0.1, 0.15) is 18.3 Å². The standard InChI is InChI=1S/C16H19IO5/c1-11(9-17)10-20-13(15(18)19-2)8-14-21-16(22-14)12-6-4-3-5-7-12/h3-7,13-14,16H,1,8-10H2,2H3/t13-,14?,16?/m0/s1. The summed E-state index contributed by atoms with van der Waals surface area (Å²) in [6.07, 6.45) is -1.27. The highest BCUT2D eigenvalue weighted by atomic mass is 127. The van der Waals surface area contributed by atoms with Crippen LogP contribution in [0.3, 0.4) is 0 Å². The fourth-order valence-corrected chi connectivity index (χ4v) is 2.18. The van der Waals surface area contributed by atoms with Gasteiger partial charge in [-0.3, -0.25) is 0 Å². The number of hydrogen-bond acceptors (Lipinski definition) is 5. The minimum Gasteiger partial charge on any atom is -0.467 e. The molecule has 22 heavy (non-hydrogen) atoms. The van der Waals surface area contributed by atoms with Crippen molar-refractivity contribution < 1.29 is 23.7 Å². The van der Waals surface area contributed by atoms with E-state index in [9.17, 15) is 4.79 Å². The van der Waals surface area contributed by atoms with Gasteiger partial charge in [-0.05, 0) is 5.57 Å². The predicted molar refractivity (Wildman–Crippen MR) is 89.5 cm³/mol. The summed E-state index contributed by atoms with van der Waals surface area (Å²) in [5.74, 6) is -0.434. The number of esters is 1. The zero-order valence-corrected chi connectivity index (χ0v) is 14.5. The van der Waals surface area contributed by atoms with E-state index in [4.69, 9.17) is 18.9 Å². The first-order chi connectivity index (χ1) is 10.6. The molecule has 0 unspecified atom stereocenters. The minimum atomic E-state index is -0.716. The Morgan fingerprint density at radius 2 is 2.05 bits per heavy atom. The van der Waals surface area contributed by atoms with Gasteiger partial charge >= 0.3 is 5.97 Å². The Balaban J connectivity index is 1.82. The van der Waals surface area contributed by atoms with Crippen molar-refractivity contribution in [2.24, 2.45) is 0 Å². The van der Waals surface area contributed by atoms with Crippen LogP contribution in [-0.2, 0) is 23.7 Å². The Hall–Kier alpha value is -0.960. The van der Waals surface area contributed by atoms with E-state index in [0.29, 0.717) is 13.0 Å². The highest BCUT2D eigenvalue weighted by molar-refractivity contribution is 14.1. The van der Waals surface area contributed by atoms with Crippen molar-refractivity contribution in [3.05, 3.63) is 48.0 Å². The molecule has 1 aromatic rings. The quantitative estimate of drug-likeness (QED) is 0.281. The Morgan fingerprint density at radius 3 is 2.64 bits per heavy atom. The lowest BCUT2D eigenvalue weighted by atomic mass is 10.2. The van der Waals surface area contributed by atoms with E-state index in [-0.39, 0.29) is 6.29 Å². The first-order valence-electron chi connectivity index (χ1n) is 6.92. The maximum Gasteiger partial charge on any atom is 0.335 e. The van der Waals surface area contributed by atoms with E-state index in [0.717, 1.165) is 15.6 Å². The van der Waals surface area contributed by atoms with Crippen molar-refractivity contribution in [1.29, 1.82) is 0 Å². The van der Waals surface area contributed by atoms with Gasteiger partial charge in [0, 0.05) is 16.4 Å². The molecule has 2 rings (SSSR count). The van der Waals surface area contributed by atoms with E-state index >= 15 is 0 Å². The van der Waals surface area contributed by atoms with E-state index in [1.807, 2.05) is 30.3 Å². The predicted octanol–water partition coefficient (Wildman–Crippen LogP) is 3.00. The smallest absolute Gasteiger partial charge is 0.335 e. The average Bonchev–Trinajstić information content (AvgIpc) is 2.52. The second-order valence-electron chi connectivity index (χ2n) is 4.89. The summed E-state index contributed by atoms with van der Waals surface area (Å²) in [7, 11) is 1.33. The van der Waals surface area contributed by atoms with Crippen LogP contribution in [0.2, 0.25) is 0 Å². The van der Waals surface area contributed by atoms with Gasteiger partial charge in [-0.25, -0.2) is 4.79 Å². The van der Waals surface area contributed by atoms with Gasteiger partial charge in [-0.15, -0.1) is 0 Å². The van der Waals surface area contributed by atoms with Gasteiger partial charge < -0.3 is 18.9 Å². The number of halogens is 1. The third kappa shape index (κ3) is 4.77. The van der Waals surface area contributed by atoms with Crippen LogP contribution >= 0.6 is 22.6 Å². The van der Waals surface area contributed by atoms with Crippen LogP contribution in [0, 0.1) is 0 Å². The first-order valence-corrected chi connectivity index (χ1v) is 8.44. The van der Waals surface area contributed by atoms with E-state index in [2.05, 4.69) is 29.2 Å². The number of methoxy groups -OCH3 is 1. The fraction of sp³-hybridized carbons (Fsp3) is 0.438. The van der Waals surface area contributed by atoms with Crippen LogP contribution < -0.4 is 0 Å². The Bertz CT molecular complexity index is 499. The molecule has 0 aliphatic carbocycles. The number of rotatable bonds is 8. The van der Waals surface area contributed by atoms with Gasteiger partial charge in [-0.2, -0.15) is 0 Å². The zero-order valence-electron chi connectivity index (χ0n) is 12.4. The molecule has 1 heterocycles. The number of alkyl halides is 1. The molecule has 0 bridgehead atoms. The number of hydrogen-bond donors (Lipinski definition) is 0. The number of benzene rings is 1. The van der Waals surface area contributed by atoms with E-state index < -0.39 is 18.4 Å². The van der Waals surface area contributed by atoms with Gasteiger partial charge in [0.25, 0.3) is 0 Å². The summed E-state index contributed by atoms with van der Waals surface area (Å²) >= 11 is 2.19. The monoisotopic (exact) mass is 418 g/mol. The lowest BCUT2D eigenvalue weighted by Crippen LogP contribution is -2.40. The highest BCUT2D eigenvalue weighted by Gasteiger charge is 2.36. The molecule has 0 N–H and O–H groups in total. The highest BCUT2D eigenvalue weighted by Crippen LogP contribution is 2.34. The van der Waals surface area contributed by atoms with Crippen molar-refractivity contribution in [3.8, 4) is 0 Å². The Labute approximate surface area is 143 Å². The van der Waals surface area contributed by atoms with Crippen LogP contribution in [0.4, 0.5) is 0 Å². The summed E-state index contributed by atoms with van der Waals surface area (Å²) in [6, 6.07) is 9.64. The first kappa shape index (κ1) is 17.4. The van der Waals surface area contributed by atoms with Gasteiger partial charge in [0.1, 0.15) is 0 Å². The molecule has 1 aliphatic rings. The molecule has 1 atom stereocenters. The molecule has 0 saturated carbocycles.